The normalized spacial score (nSPS) is 13.1. The van der Waals surface area contributed by atoms with Crippen LogP contribution in [0, 0.1) is 0 Å². The van der Waals surface area contributed by atoms with Crippen LogP contribution in [-0.2, 0) is 6.42 Å². The number of pyridine rings is 1. The van der Waals surface area contributed by atoms with E-state index in [9.17, 15) is 0 Å². The summed E-state index contributed by atoms with van der Waals surface area (Å²) in [7, 11) is 0. The van der Waals surface area contributed by atoms with E-state index in [1.807, 2.05) is 30.2 Å². The predicted octanol–water partition coefficient (Wildman–Crippen LogP) is 3.53. The van der Waals surface area contributed by atoms with Gasteiger partial charge in [0.25, 0.3) is 0 Å². The summed E-state index contributed by atoms with van der Waals surface area (Å²) < 4.78 is 2.32. The second-order valence-corrected chi connectivity index (χ2v) is 5.70. The summed E-state index contributed by atoms with van der Waals surface area (Å²) in [5.74, 6) is 2.83. The number of nitrogens with zero attached hydrogens (tertiary/aromatic N) is 3. The summed E-state index contributed by atoms with van der Waals surface area (Å²) in [5, 5.41) is 0. The van der Waals surface area contributed by atoms with Crippen molar-refractivity contribution in [3.8, 4) is 0 Å². The molecule has 2 heterocycles. The molecular weight excluding hydrogens is 266 g/mol. The Bertz CT molecular complexity index is 512. The van der Waals surface area contributed by atoms with Crippen LogP contribution >= 0.6 is 23.4 Å². The fraction of sp³-hybridized carbons (Fsp3) is 0.538. The van der Waals surface area contributed by atoms with Gasteiger partial charge in [-0.25, -0.2) is 4.98 Å². The number of aryl methyl sites for hydroxylation is 1. The smallest absolute Gasteiger partial charge is 0.111 e. The molecular formula is C13H18ClN3S. The molecule has 0 bridgehead atoms. The first-order valence-corrected chi connectivity index (χ1v) is 8.06. The molecule has 0 aliphatic carbocycles. The molecule has 0 aliphatic heterocycles. The van der Waals surface area contributed by atoms with Gasteiger partial charge in [0.15, 0.2) is 0 Å². The van der Waals surface area contributed by atoms with Crippen LogP contribution in [0.1, 0.15) is 25.2 Å². The minimum Gasteiger partial charge on any atom is -0.325 e. The van der Waals surface area contributed by atoms with Crippen LogP contribution in [0.2, 0.25) is 0 Å². The second kappa shape index (κ2) is 6.43. The molecule has 0 radical (unpaired) electrons. The van der Waals surface area contributed by atoms with Gasteiger partial charge in [0.2, 0.25) is 0 Å². The van der Waals surface area contributed by atoms with Gasteiger partial charge in [0, 0.05) is 24.5 Å². The van der Waals surface area contributed by atoms with E-state index in [0.29, 0.717) is 11.9 Å². The molecule has 5 heteroatoms. The van der Waals surface area contributed by atoms with Gasteiger partial charge < -0.3 is 4.57 Å². The highest BCUT2D eigenvalue weighted by Crippen LogP contribution is 2.23. The Morgan fingerprint density at radius 2 is 2.33 bits per heavy atom. The molecule has 0 saturated heterocycles. The number of hydrogen-bond acceptors (Lipinski definition) is 3. The molecule has 98 valence electrons. The van der Waals surface area contributed by atoms with Crippen molar-refractivity contribution in [1.82, 2.24) is 14.5 Å². The number of halogens is 1. The molecule has 2 aromatic heterocycles. The summed E-state index contributed by atoms with van der Waals surface area (Å²) in [4.78, 5) is 8.78. The van der Waals surface area contributed by atoms with E-state index < -0.39 is 0 Å². The van der Waals surface area contributed by atoms with Crippen LogP contribution in [0.5, 0.6) is 0 Å². The topological polar surface area (TPSA) is 30.7 Å². The van der Waals surface area contributed by atoms with Crippen molar-refractivity contribution in [2.75, 3.05) is 17.9 Å². The van der Waals surface area contributed by atoms with E-state index in [0.717, 1.165) is 29.9 Å². The number of imidazole rings is 1. The maximum absolute atomic E-state index is 5.87. The average molecular weight is 284 g/mol. The Morgan fingerprint density at radius 1 is 1.50 bits per heavy atom. The highest BCUT2D eigenvalue weighted by Gasteiger charge is 2.15. The zero-order chi connectivity index (χ0) is 13.0. The number of alkyl halides is 1. The lowest BCUT2D eigenvalue weighted by molar-refractivity contribution is 0.528. The van der Waals surface area contributed by atoms with E-state index in [4.69, 9.17) is 11.6 Å². The minimum atomic E-state index is 0.447. The number of aromatic nitrogens is 3. The Kier molecular flexibility index (Phi) is 4.89. The van der Waals surface area contributed by atoms with Crippen molar-refractivity contribution in [2.24, 2.45) is 0 Å². The third-order valence-electron chi connectivity index (χ3n) is 3.06. The molecule has 3 nitrogen and oxygen atoms in total. The first kappa shape index (κ1) is 13.7. The monoisotopic (exact) mass is 283 g/mol. The van der Waals surface area contributed by atoms with Gasteiger partial charge in [-0.15, -0.1) is 11.6 Å². The van der Waals surface area contributed by atoms with Crippen LogP contribution in [0.4, 0.5) is 0 Å². The van der Waals surface area contributed by atoms with Crippen molar-refractivity contribution in [3.63, 3.8) is 0 Å². The quantitative estimate of drug-likeness (QED) is 0.760. The first-order chi connectivity index (χ1) is 8.77. The van der Waals surface area contributed by atoms with E-state index in [1.165, 1.54) is 5.52 Å². The average Bonchev–Trinajstić information content (AvgIpc) is 2.74. The minimum absolute atomic E-state index is 0.447. The molecule has 0 amide bonds. The van der Waals surface area contributed by atoms with Crippen LogP contribution in [-0.4, -0.2) is 32.4 Å². The van der Waals surface area contributed by atoms with Gasteiger partial charge in [-0.05, 0) is 31.4 Å². The summed E-state index contributed by atoms with van der Waals surface area (Å²) in [6.07, 6.45) is 7.74. The van der Waals surface area contributed by atoms with Gasteiger partial charge >= 0.3 is 0 Å². The number of fused-ring (bicyclic) bond motifs is 1. The maximum Gasteiger partial charge on any atom is 0.111 e. The second-order valence-electron chi connectivity index (χ2n) is 4.33. The summed E-state index contributed by atoms with van der Waals surface area (Å²) in [6, 6.07) is 2.48. The van der Waals surface area contributed by atoms with Crippen molar-refractivity contribution in [3.05, 3.63) is 24.3 Å². The van der Waals surface area contributed by atoms with Crippen LogP contribution in [0.25, 0.3) is 11.0 Å². The zero-order valence-electron chi connectivity index (χ0n) is 10.8. The molecule has 2 rings (SSSR count). The SMILES string of the molecule is CSCCC(C)n1c(CCCl)nc2cnccc21. The molecule has 0 fully saturated rings. The Hall–Kier alpha value is -0.740. The lowest BCUT2D eigenvalue weighted by Crippen LogP contribution is -2.10. The molecule has 1 unspecified atom stereocenters. The standard InChI is InChI=1S/C13H18ClN3S/c1-10(5-8-18-2)17-12-4-7-15-9-11(12)16-13(17)3-6-14/h4,7,9-10H,3,5-6,8H2,1-2H3. The molecule has 1 atom stereocenters. The number of thioether (sulfide) groups is 1. The van der Waals surface area contributed by atoms with Gasteiger partial charge in [-0.1, -0.05) is 0 Å². The van der Waals surface area contributed by atoms with E-state index >= 15 is 0 Å². The summed E-state index contributed by atoms with van der Waals surface area (Å²) in [5.41, 5.74) is 2.13. The van der Waals surface area contributed by atoms with Gasteiger partial charge in [-0.2, -0.15) is 11.8 Å². The van der Waals surface area contributed by atoms with Crippen molar-refractivity contribution in [1.29, 1.82) is 0 Å². The lowest BCUT2D eigenvalue weighted by atomic mass is 10.2. The van der Waals surface area contributed by atoms with Crippen molar-refractivity contribution < 1.29 is 0 Å². The third-order valence-corrected chi connectivity index (χ3v) is 3.90. The Morgan fingerprint density at radius 3 is 3.06 bits per heavy atom. The van der Waals surface area contributed by atoms with Crippen LogP contribution in [0.3, 0.4) is 0 Å². The largest absolute Gasteiger partial charge is 0.325 e. The molecule has 0 aromatic carbocycles. The molecule has 2 aromatic rings. The highest BCUT2D eigenvalue weighted by atomic mass is 35.5. The fourth-order valence-corrected chi connectivity index (χ4v) is 2.92. The van der Waals surface area contributed by atoms with Crippen LogP contribution in [0.15, 0.2) is 18.5 Å². The lowest BCUT2D eigenvalue weighted by Gasteiger charge is -2.16. The van der Waals surface area contributed by atoms with Crippen molar-refractivity contribution >= 4 is 34.4 Å². The Labute approximate surface area is 117 Å². The van der Waals surface area contributed by atoms with Crippen molar-refractivity contribution in [2.45, 2.75) is 25.8 Å². The maximum atomic E-state index is 5.87. The first-order valence-electron chi connectivity index (χ1n) is 6.13. The summed E-state index contributed by atoms with van der Waals surface area (Å²) >= 11 is 7.75. The van der Waals surface area contributed by atoms with Gasteiger partial charge in [0.1, 0.15) is 11.3 Å². The van der Waals surface area contributed by atoms with E-state index in [1.54, 1.807) is 0 Å². The molecule has 0 aliphatic rings. The van der Waals surface area contributed by atoms with E-state index in [2.05, 4.69) is 27.7 Å². The zero-order valence-corrected chi connectivity index (χ0v) is 12.3. The summed E-state index contributed by atoms with van der Waals surface area (Å²) in [6.45, 7) is 2.25. The predicted molar refractivity (Wildman–Crippen MR) is 79.7 cm³/mol. The van der Waals surface area contributed by atoms with E-state index in [-0.39, 0.29) is 0 Å². The number of hydrogen-bond donors (Lipinski definition) is 0. The van der Waals surface area contributed by atoms with Crippen LogP contribution < -0.4 is 0 Å². The number of rotatable bonds is 6. The molecule has 0 spiro atoms. The third kappa shape index (κ3) is 2.81. The van der Waals surface area contributed by atoms with Gasteiger partial charge in [-0.3, -0.25) is 4.98 Å². The highest BCUT2D eigenvalue weighted by molar-refractivity contribution is 7.98. The Balaban J connectivity index is 2.40. The van der Waals surface area contributed by atoms with Gasteiger partial charge in [0.05, 0.1) is 11.7 Å². The molecule has 0 N–H and O–H groups in total. The fourth-order valence-electron chi connectivity index (χ4n) is 2.17. The molecule has 0 saturated carbocycles. The molecule has 18 heavy (non-hydrogen) atoms.